The van der Waals surface area contributed by atoms with Crippen LogP contribution in [0.1, 0.15) is 16.7 Å². The molecule has 2 aliphatic heterocycles. The third kappa shape index (κ3) is 3.42. The number of piperazine rings is 1. The Morgan fingerprint density at radius 2 is 2.00 bits per heavy atom. The van der Waals surface area contributed by atoms with E-state index in [1.54, 1.807) is 19.2 Å². The number of pyridine rings is 2. The summed E-state index contributed by atoms with van der Waals surface area (Å²) in [5.41, 5.74) is 5.71. The first-order valence-electron chi connectivity index (χ1n) is 10.5. The van der Waals surface area contributed by atoms with Crippen LogP contribution in [0.3, 0.4) is 0 Å². The predicted molar refractivity (Wildman–Crippen MR) is 123 cm³/mol. The molecule has 0 bridgehead atoms. The minimum absolute atomic E-state index is 0.128. The Bertz CT molecular complexity index is 1270. The van der Waals surface area contributed by atoms with Gasteiger partial charge in [0.05, 0.1) is 11.2 Å². The maximum absolute atomic E-state index is 12.8. The van der Waals surface area contributed by atoms with Crippen LogP contribution in [-0.4, -0.2) is 47.2 Å². The molecule has 1 aromatic carbocycles. The van der Waals surface area contributed by atoms with Crippen LogP contribution in [0.25, 0.3) is 11.0 Å². The lowest BCUT2D eigenvalue weighted by Crippen LogP contribution is -2.47. The first kappa shape index (κ1) is 19.9. The molecule has 31 heavy (non-hydrogen) atoms. The van der Waals surface area contributed by atoms with Crippen molar-refractivity contribution in [2.45, 2.75) is 13.0 Å². The molecule has 0 saturated carbocycles. The number of nitriles is 1. The number of halogens is 1. The molecule has 1 fully saturated rings. The quantitative estimate of drug-likeness (QED) is 0.639. The summed E-state index contributed by atoms with van der Waals surface area (Å²) >= 11 is 6.16. The summed E-state index contributed by atoms with van der Waals surface area (Å²) in [6.07, 6.45) is 1.08. The van der Waals surface area contributed by atoms with Gasteiger partial charge in [0.1, 0.15) is 22.3 Å². The number of hydrogen-bond donors (Lipinski definition) is 1. The molecule has 0 radical (unpaired) electrons. The third-order valence-electron chi connectivity index (χ3n) is 6.31. The summed E-state index contributed by atoms with van der Waals surface area (Å²) in [6, 6.07) is 12.1. The van der Waals surface area contributed by atoms with E-state index in [1.165, 1.54) is 21.4 Å². The molecule has 0 amide bonds. The Hall–Kier alpha value is -3.08. The first-order valence-corrected chi connectivity index (χ1v) is 10.9. The number of hydrogen-bond acceptors (Lipinski definition) is 6. The highest BCUT2D eigenvalue weighted by Gasteiger charge is 2.26. The molecule has 2 aromatic heterocycles. The average molecular weight is 435 g/mol. The van der Waals surface area contributed by atoms with Gasteiger partial charge in [0, 0.05) is 52.0 Å². The normalized spacial score (nSPS) is 16.2. The zero-order valence-electron chi connectivity index (χ0n) is 17.4. The van der Waals surface area contributed by atoms with Crippen molar-refractivity contribution in [2.24, 2.45) is 7.05 Å². The second kappa shape index (κ2) is 7.88. The van der Waals surface area contributed by atoms with Crippen LogP contribution in [0.2, 0.25) is 5.15 Å². The fraction of sp³-hybridized carbons (Fsp3) is 0.348. The number of nitrogens with zero attached hydrogens (tertiary/aromatic N) is 5. The Labute approximate surface area is 185 Å². The molecule has 0 unspecified atom stereocenters. The van der Waals surface area contributed by atoms with Crippen LogP contribution >= 0.6 is 11.6 Å². The zero-order valence-corrected chi connectivity index (χ0v) is 18.1. The van der Waals surface area contributed by atoms with Gasteiger partial charge in [-0.05, 0) is 29.7 Å². The van der Waals surface area contributed by atoms with Gasteiger partial charge in [-0.25, -0.2) is 4.98 Å². The van der Waals surface area contributed by atoms with Crippen LogP contribution < -0.4 is 15.8 Å². The highest BCUT2D eigenvalue weighted by atomic mass is 35.5. The standard InChI is InChI=1S/C23H23ClN6O/c1-28-18-5-6-19(24)27-21(18)22(17(13-25)23(28)31)30-11-9-29(10-12-30)14-16-4-2-3-15-7-8-26-20(15)16/h2-6,26H,7-12,14H2,1H3. The van der Waals surface area contributed by atoms with E-state index in [0.717, 1.165) is 32.6 Å². The van der Waals surface area contributed by atoms with E-state index in [2.05, 4.69) is 44.4 Å². The number of aryl methyl sites for hydroxylation is 1. The summed E-state index contributed by atoms with van der Waals surface area (Å²) in [7, 11) is 1.66. The molecule has 0 spiro atoms. The number of para-hydroxylation sites is 1. The summed E-state index contributed by atoms with van der Waals surface area (Å²) in [4.78, 5) is 21.8. The molecular formula is C23H23ClN6O. The number of nitrogens with one attached hydrogen (secondary N) is 1. The number of fused-ring (bicyclic) bond motifs is 2. The third-order valence-corrected chi connectivity index (χ3v) is 6.52. The van der Waals surface area contributed by atoms with Crippen molar-refractivity contribution in [1.29, 1.82) is 5.26 Å². The van der Waals surface area contributed by atoms with Gasteiger partial charge in [-0.1, -0.05) is 29.8 Å². The Morgan fingerprint density at radius 3 is 2.77 bits per heavy atom. The van der Waals surface area contributed by atoms with Crippen LogP contribution in [0.15, 0.2) is 35.1 Å². The molecule has 1 saturated heterocycles. The van der Waals surface area contributed by atoms with Gasteiger partial charge < -0.3 is 14.8 Å². The summed E-state index contributed by atoms with van der Waals surface area (Å²) in [5, 5.41) is 13.6. The lowest BCUT2D eigenvalue weighted by molar-refractivity contribution is 0.250. The van der Waals surface area contributed by atoms with E-state index in [0.29, 0.717) is 35.0 Å². The highest BCUT2D eigenvalue weighted by Crippen LogP contribution is 2.31. The van der Waals surface area contributed by atoms with Gasteiger partial charge >= 0.3 is 0 Å². The van der Waals surface area contributed by atoms with Gasteiger partial charge in [-0.3, -0.25) is 9.69 Å². The SMILES string of the molecule is Cn1c(=O)c(C#N)c(N2CCN(Cc3cccc4c3NCC4)CC2)c2nc(Cl)ccc21. The van der Waals surface area contributed by atoms with E-state index in [-0.39, 0.29) is 11.1 Å². The second-order valence-corrected chi connectivity index (χ2v) is 8.48. The van der Waals surface area contributed by atoms with Crippen molar-refractivity contribution in [3.63, 3.8) is 0 Å². The monoisotopic (exact) mass is 434 g/mol. The number of rotatable bonds is 3. The summed E-state index contributed by atoms with van der Waals surface area (Å²) in [5.74, 6) is 0. The van der Waals surface area contributed by atoms with Crippen LogP contribution in [-0.2, 0) is 20.0 Å². The zero-order chi connectivity index (χ0) is 21.5. The van der Waals surface area contributed by atoms with Crippen molar-refractivity contribution >= 4 is 34.0 Å². The minimum Gasteiger partial charge on any atom is -0.384 e. The van der Waals surface area contributed by atoms with Crippen LogP contribution in [0, 0.1) is 11.3 Å². The fourth-order valence-electron chi connectivity index (χ4n) is 4.69. The van der Waals surface area contributed by atoms with Crippen molar-refractivity contribution < 1.29 is 0 Å². The molecule has 1 N–H and O–H groups in total. The molecule has 7 nitrogen and oxygen atoms in total. The molecular weight excluding hydrogens is 412 g/mol. The van der Waals surface area contributed by atoms with Crippen molar-refractivity contribution in [3.05, 3.63) is 62.5 Å². The average Bonchev–Trinajstić information content (AvgIpc) is 3.27. The van der Waals surface area contributed by atoms with Crippen molar-refractivity contribution in [2.75, 3.05) is 42.9 Å². The Morgan fingerprint density at radius 1 is 1.19 bits per heavy atom. The van der Waals surface area contributed by atoms with Gasteiger partial charge in [-0.2, -0.15) is 5.26 Å². The smallest absolute Gasteiger partial charge is 0.270 e. The van der Waals surface area contributed by atoms with E-state index in [1.807, 2.05) is 0 Å². The van der Waals surface area contributed by atoms with E-state index < -0.39 is 0 Å². The van der Waals surface area contributed by atoms with Crippen LogP contribution in [0.5, 0.6) is 0 Å². The molecule has 0 aliphatic carbocycles. The van der Waals surface area contributed by atoms with E-state index >= 15 is 0 Å². The molecule has 158 valence electrons. The fourth-order valence-corrected chi connectivity index (χ4v) is 4.84. The highest BCUT2D eigenvalue weighted by molar-refractivity contribution is 6.29. The lowest BCUT2D eigenvalue weighted by atomic mass is 10.1. The van der Waals surface area contributed by atoms with Gasteiger partial charge in [0.2, 0.25) is 0 Å². The maximum atomic E-state index is 12.8. The van der Waals surface area contributed by atoms with Gasteiger partial charge in [0.15, 0.2) is 0 Å². The molecule has 8 heteroatoms. The topological polar surface area (TPSA) is 77.2 Å². The van der Waals surface area contributed by atoms with Crippen molar-refractivity contribution in [3.8, 4) is 6.07 Å². The van der Waals surface area contributed by atoms with E-state index in [9.17, 15) is 10.1 Å². The minimum atomic E-state index is -0.303. The van der Waals surface area contributed by atoms with Crippen LogP contribution in [0.4, 0.5) is 11.4 Å². The number of benzene rings is 1. The molecule has 2 aliphatic rings. The Kier molecular flexibility index (Phi) is 5.05. The largest absolute Gasteiger partial charge is 0.384 e. The van der Waals surface area contributed by atoms with Gasteiger partial charge in [-0.15, -0.1) is 0 Å². The van der Waals surface area contributed by atoms with Gasteiger partial charge in [0.25, 0.3) is 5.56 Å². The molecule has 5 rings (SSSR count). The van der Waals surface area contributed by atoms with Crippen molar-refractivity contribution in [1.82, 2.24) is 14.5 Å². The second-order valence-electron chi connectivity index (χ2n) is 8.09. The number of aromatic nitrogens is 2. The molecule has 4 heterocycles. The predicted octanol–water partition coefficient (Wildman–Crippen LogP) is 2.75. The number of anilines is 2. The molecule has 3 aromatic rings. The lowest BCUT2D eigenvalue weighted by Gasteiger charge is -2.37. The molecule has 0 atom stereocenters. The summed E-state index contributed by atoms with van der Waals surface area (Å²) < 4.78 is 1.47. The summed E-state index contributed by atoms with van der Waals surface area (Å²) in [6.45, 7) is 5.00. The van der Waals surface area contributed by atoms with E-state index in [4.69, 9.17) is 11.6 Å². The maximum Gasteiger partial charge on any atom is 0.270 e. The Balaban J connectivity index is 1.43. The first-order chi connectivity index (χ1) is 15.1.